The van der Waals surface area contributed by atoms with Gasteiger partial charge in [-0.25, -0.2) is 0 Å². The molecule has 0 radical (unpaired) electrons. The molecule has 0 bridgehead atoms. The van der Waals surface area contributed by atoms with Gasteiger partial charge in [-0.1, -0.05) is 6.07 Å². The van der Waals surface area contributed by atoms with Gasteiger partial charge in [-0.2, -0.15) is 0 Å². The first kappa shape index (κ1) is 16.5. The van der Waals surface area contributed by atoms with Gasteiger partial charge in [-0.05, 0) is 38.6 Å². The van der Waals surface area contributed by atoms with Crippen molar-refractivity contribution in [2.75, 3.05) is 13.7 Å². The zero-order valence-electron chi connectivity index (χ0n) is 12.4. The fourth-order valence-corrected chi connectivity index (χ4v) is 2.04. The van der Waals surface area contributed by atoms with Crippen molar-refractivity contribution in [1.82, 2.24) is 4.90 Å². The number of hydrogen-bond acceptors (Lipinski definition) is 4. The molecule has 5 nitrogen and oxygen atoms in total. The van der Waals surface area contributed by atoms with E-state index in [4.69, 9.17) is 10.5 Å². The number of nitrogens with two attached hydrogens (primary N) is 1. The fourth-order valence-electron chi connectivity index (χ4n) is 2.04. The summed E-state index contributed by atoms with van der Waals surface area (Å²) in [5.41, 5.74) is 7.05. The van der Waals surface area contributed by atoms with Crippen LogP contribution in [-0.4, -0.2) is 35.6 Å². The van der Waals surface area contributed by atoms with Crippen LogP contribution >= 0.6 is 0 Å². The number of aliphatic hydroxyl groups is 1. The number of hydrogen-bond donors (Lipinski definition) is 2. The lowest BCUT2D eigenvalue weighted by Crippen LogP contribution is -2.32. The number of amides is 1. The van der Waals surface area contributed by atoms with Crippen LogP contribution in [0.15, 0.2) is 18.2 Å². The number of carbonyl (C=O) groups is 1. The molecule has 1 rings (SSSR count). The highest BCUT2D eigenvalue weighted by Gasteiger charge is 2.13. The molecular formula is C15H24N2O3. The average molecular weight is 280 g/mol. The number of ether oxygens (including phenoxy) is 1. The van der Waals surface area contributed by atoms with Crippen LogP contribution in [0.5, 0.6) is 5.75 Å². The molecule has 1 atom stereocenters. The van der Waals surface area contributed by atoms with E-state index >= 15 is 0 Å². The third-order valence-electron chi connectivity index (χ3n) is 3.28. The Morgan fingerprint density at radius 2 is 2.20 bits per heavy atom. The molecule has 5 heteroatoms. The van der Waals surface area contributed by atoms with Gasteiger partial charge < -0.3 is 15.6 Å². The van der Waals surface area contributed by atoms with E-state index in [1.165, 1.54) is 0 Å². The number of nitrogens with zero attached hydrogens (tertiary/aromatic N) is 1. The topological polar surface area (TPSA) is 75.8 Å². The molecule has 0 saturated heterocycles. The van der Waals surface area contributed by atoms with E-state index in [0.29, 0.717) is 25.3 Å². The third kappa shape index (κ3) is 4.83. The van der Waals surface area contributed by atoms with Crippen molar-refractivity contribution in [2.45, 2.75) is 39.5 Å². The molecule has 0 saturated carbocycles. The van der Waals surface area contributed by atoms with Gasteiger partial charge in [-0.15, -0.1) is 0 Å². The van der Waals surface area contributed by atoms with Crippen LogP contribution in [0, 0.1) is 0 Å². The largest absolute Gasteiger partial charge is 0.494 e. The van der Waals surface area contributed by atoms with Crippen LogP contribution in [0.3, 0.4) is 0 Å². The summed E-state index contributed by atoms with van der Waals surface area (Å²) in [6.45, 7) is 5.08. The van der Waals surface area contributed by atoms with Gasteiger partial charge in [0.1, 0.15) is 5.75 Å². The van der Waals surface area contributed by atoms with Crippen LogP contribution in [0.1, 0.15) is 31.4 Å². The van der Waals surface area contributed by atoms with Crippen molar-refractivity contribution >= 4 is 5.91 Å². The lowest BCUT2D eigenvalue weighted by molar-refractivity contribution is -0.119. The summed E-state index contributed by atoms with van der Waals surface area (Å²) in [6.07, 6.45) is 0.334. The fraction of sp³-hybridized carbons (Fsp3) is 0.533. The smallest absolute Gasteiger partial charge is 0.218 e. The Bertz CT molecular complexity index is 449. The van der Waals surface area contributed by atoms with Gasteiger partial charge in [0.15, 0.2) is 0 Å². The molecule has 1 amide bonds. The highest BCUT2D eigenvalue weighted by Crippen LogP contribution is 2.21. The molecule has 0 fully saturated rings. The molecule has 20 heavy (non-hydrogen) atoms. The summed E-state index contributed by atoms with van der Waals surface area (Å²) < 4.78 is 5.45. The van der Waals surface area contributed by atoms with Crippen LogP contribution in [0.25, 0.3) is 0 Å². The van der Waals surface area contributed by atoms with Gasteiger partial charge in [-0.3, -0.25) is 9.69 Å². The summed E-state index contributed by atoms with van der Waals surface area (Å²) in [7, 11) is 1.95. The monoisotopic (exact) mass is 280 g/mol. The van der Waals surface area contributed by atoms with Crippen molar-refractivity contribution in [3.05, 3.63) is 29.3 Å². The van der Waals surface area contributed by atoms with Crippen LogP contribution in [0.2, 0.25) is 0 Å². The second-order valence-electron chi connectivity index (χ2n) is 4.97. The normalized spacial score (nSPS) is 12.4. The van der Waals surface area contributed by atoms with Crippen LogP contribution in [-0.2, 0) is 17.9 Å². The molecule has 1 aromatic rings. The van der Waals surface area contributed by atoms with Gasteiger partial charge in [0.2, 0.25) is 5.91 Å². The maximum atomic E-state index is 10.9. The van der Waals surface area contributed by atoms with E-state index in [0.717, 1.165) is 11.1 Å². The van der Waals surface area contributed by atoms with E-state index in [9.17, 15) is 9.90 Å². The number of primary amides is 1. The van der Waals surface area contributed by atoms with Crippen molar-refractivity contribution < 1.29 is 14.6 Å². The molecular weight excluding hydrogens is 256 g/mol. The molecule has 3 N–H and O–H groups in total. The lowest BCUT2D eigenvalue weighted by atomic mass is 10.1. The molecule has 0 aromatic heterocycles. The predicted molar refractivity (Wildman–Crippen MR) is 78.3 cm³/mol. The Hall–Kier alpha value is -1.59. The first-order chi connectivity index (χ1) is 9.47. The molecule has 0 spiro atoms. The second kappa shape index (κ2) is 7.87. The SMILES string of the molecule is CCOc1ccc(CN(C)C(C)CC(N)=O)cc1CO. The Balaban J connectivity index is 2.74. The maximum Gasteiger partial charge on any atom is 0.218 e. The summed E-state index contributed by atoms with van der Waals surface area (Å²) in [6, 6.07) is 5.85. The summed E-state index contributed by atoms with van der Waals surface area (Å²) in [5, 5.41) is 9.38. The highest BCUT2D eigenvalue weighted by molar-refractivity contribution is 5.74. The van der Waals surface area contributed by atoms with Crippen molar-refractivity contribution in [3.8, 4) is 5.75 Å². The Kier molecular flexibility index (Phi) is 6.48. The van der Waals surface area contributed by atoms with E-state index in [2.05, 4.69) is 4.90 Å². The predicted octanol–water partition coefficient (Wildman–Crippen LogP) is 1.27. The van der Waals surface area contributed by atoms with Crippen molar-refractivity contribution in [2.24, 2.45) is 5.73 Å². The summed E-state index contributed by atoms with van der Waals surface area (Å²) in [5.74, 6) is 0.415. The number of rotatable bonds is 8. The molecule has 112 valence electrons. The van der Waals surface area contributed by atoms with Crippen LogP contribution < -0.4 is 10.5 Å². The molecule has 0 aliphatic heterocycles. The van der Waals surface area contributed by atoms with Gasteiger partial charge in [0.25, 0.3) is 0 Å². The summed E-state index contributed by atoms with van der Waals surface area (Å²) >= 11 is 0. The Morgan fingerprint density at radius 1 is 1.50 bits per heavy atom. The number of carbonyl (C=O) groups excluding carboxylic acids is 1. The van der Waals surface area contributed by atoms with Gasteiger partial charge >= 0.3 is 0 Å². The second-order valence-corrected chi connectivity index (χ2v) is 4.97. The maximum absolute atomic E-state index is 10.9. The molecule has 0 aliphatic rings. The van der Waals surface area contributed by atoms with Crippen LogP contribution in [0.4, 0.5) is 0 Å². The standard InChI is InChI=1S/C15H24N2O3/c1-4-20-14-6-5-12(8-13(14)10-18)9-17(3)11(2)7-15(16)19/h5-6,8,11,18H,4,7,9-10H2,1-3H3,(H2,16,19). The minimum Gasteiger partial charge on any atom is -0.494 e. The van der Waals surface area contributed by atoms with Gasteiger partial charge in [0, 0.05) is 24.6 Å². The number of benzene rings is 1. The lowest BCUT2D eigenvalue weighted by Gasteiger charge is -2.24. The minimum absolute atomic E-state index is 0.0519. The molecule has 1 unspecified atom stereocenters. The molecule has 1 aromatic carbocycles. The first-order valence-electron chi connectivity index (χ1n) is 6.81. The average Bonchev–Trinajstić information content (AvgIpc) is 2.39. The molecule has 0 heterocycles. The Morgan fingerprint density at radius 3 is 2.75 bits per heavy atom. The van der Waals surface area contributed by atoms with E-state index in [-0.39, 0.29) is 18.6 Å². The minimum atomic E-state index is -0.299. The highest BCUT2D eigenvalue weighted by atomic mass is 16.5. The van der Waals surface area contributed by atoms with E-state index in [1.807, 2.05) is 39.1 Å². The third-order valence-corrected chi connectivity index (χ3v) is 3.28. The zero-order chi connectivity index (χ0) is 15.1. The Labute approximate surface area is 120 Å². The quantitative estimate of drug-likeness (QED) is 0.752. The number of aliphatic hydroxyl groups excluding tert-OH is 1. The zero-order valence-corrected chi connectivity index (χ0v) is 12.4. The summed E-state index contributed by atoms with van der Waals surface area (Å²) in [4.78, 5) is 13.0. The van der Waals surface area contributed by atoms with E-state index in [1.54, 1.807) is 0 Å². The van der Waals surface area contributed by atoms with Crippen molar-refractivity contribution in [1.29, 1.82) is 0 Å². The van der Waals surface area contributed by atoms with E-state index < -0.39 is 0 Å². The van der Waals surface area contributed by atoms with Gasteiger partial charge in [0.05, 0.1) is 13.2 Å². The molecule has 0 aliphatic carbocycles. The first-order valence-corrected chi connectivity index (χ1v) is 6.81. The van der Waals surface area contributed by atoms with Crippen molar-refractivity contribution in [3.63, 3.8) is 0 Å².